The van der Waals surface area contributed by atoms with Crippen molar-refractivity contribution in [1.82, 2.24) is 0 Å². The summed E-state index contributed by atoms with van der Waals surface area (Å²) in [5, 5.41) is 0. The maximum Gasteiger partial charge on any atom is 0.194 e. The predicted molar refractivity (Wildman–Crippen MR) is 149 cm³/mol. The average Bonchev–Trinajstić information content (AvgIpc) is 3.15. The summed E-state index contributed by atoms with van der Waals surface area (Å²) < 4.78 is 14.4. The molecule has 36 heavy (non-hydrogen) atoms. The second-order valence-electron chi connectivity index (χ2n) is 10.8. The molecule has 0 unspecified atom stereocenters. The monoisotopic (exact) mass is 496 g/mol. The third-order valence-electron chi connectivity index (χ3n) is 9.08. The van der Waals surface area contributed by atoms with E-state index in [1.54, 1.807) is 0 Å². The quantitative estimate of drug-likeness (QED) is 0.250. The van der Waals surface area contributed by atoms with E-state index in [4.69, 9.17) is 9.47 Å². The Morgan fingerprint density at radius 3 is 1.28 bits per heavy atom. The maximum atomic E-state index is 13.3. The summed E-state index contributed by atoms with van der Waals surface area (Å²) in [7, 11) is 0. The van der Waals surface area contributed by atoms with Gasteiger partial charge in [-0.3, -0.25) is 4.79 Å². The molecule has 0 fully saturated rings. The first-order valence-electron chi connectivity index (χ1n) is 14.0. The number of nitrogens with zero attached hydrogens (tertiary/aromatic N) is 2. The summed E-state index contributed by atoms with van der Waals surface area (Å²) in [4.78, 5) is 13.3. The molecule has 2 aromatic carbocycles. The number of carbonyl (C=O) groups excluding carboxylic acids is 1. The molecule has 0 saturated heterocycles. The topological polar surface area (TPSA) is 35.5 Å². The van der Waals surface area contributed by atoms with Crippen molar-refractivity contribution >= 4 is 5.78 Å². The Hall–Kier alpha value is -2.37. The van der Waals surface area contributed by atoms with Crippen molar-refractivity contribution in [3.8, 4) is 22.6 Å². The molecular weight excluding hydrogens is 448 g/mol. The van der Waals surface area contributed by atoms with E-state index in [0.717, 1.165) is 82.0 Å². The molecule has 0 aliphatic heterocycles. The van der Waals surface area contributed by atoms with Crippen molar-refractivity contribution in [3.63, 3.8) is 0 Å². The Morgan fingerprint density at radius 1 is 0.611 bits per heavy atom. The third kappa shape index (κ3) is 5.47. The maximum absolute atomic E-state index is 13.3. The SMILES string of the molecule is CC[N+](CC)(CCOc1ccc2c(c1)C(=O)c1cc(OCC[N+](CC)(CC)C(C)C)ccc1-2)C(C)C. The van der Waals surface area contributed by atoms with Crippen LogP contribution in [0.25, 0.3) is 11.1 Å². The molecule has 0 spiro atoms. The van der Waals surface area contributed by atoms with Crippen molar-refractivity contribution in [2.75, 3.05) is 52.5 Å². The lowest BCUT2D eigenvalue weighted by atomic mass is 10.1. The van der Waals surface area contributed by atoms with Crippen LogP contribution >= 0.6 is 0 Å². The summed E-state index contributed by atoms with van der Waals surface area (Å²) in [5.41, 5.74) is 3.41. The molecule has 198 valence electrons. The summed E-state index contributed by atoms with van der Waals surface area (Å²) >= 11 is 0. The number of fused-ring (bicyclic) bond motifs is 3. The van der Waals surface area contributed by atoms with Crippen molar-refractivity contribution in [2.45, 2.75) is 67.5 Å². The van der Waals surface area contributed by atoms with Gasteiger partial charge in [0, 0.05) is 11.1 Å². The second-order valence-corrected chi connectivity index (χ2v) is 10.8. The molecule has 0 atom stereocenters. The van der Waals surface area contributed by atoms with Crippen LogP contribution in [0.15, 0.2) is 36.4 Å². The zero-order valence-corrected chi connectivity index (χ0v) is 23.9. The van der Waals surface area contributed by atoms with Gasteiger partial charge >= 0.3 is 0 Å². The number of carbonyl (C=O) groups is 1. The molecular formula is C31H48N2O3+2. The van der Waals surface area contributed by atoms with Crippen molar-refractivity contribution in [3.05, 3.63) is 47.5 Å². The van der Waals surface area contributed by atoms with Crippen LogP contribution in [0.4, 0.5) is 0 Å². The number of hydrogen-bond donors (Lipinski definition) is 0. The minimum atomic E-state index is 0.0553. The minimum Gasteiger partial charge on any atom is -0.488 e. The standard InChI is InChI=1S/C31H48N2O3/c1-9-32(10-2,23(5)6)17-19-35-25-13-15-27-28-16-14-26(22-30(28)31(34)29(27)21-25)36-20-18-33(11-3,12-4)24(7)8/h13-16,21-24H,9-12,17-20H2,1-8H3/q+2. The number of benzene rings is 2. The minimum absolute atomic E-state index is 0.0553. The fourth-order valence-corrected chi connectivity index (χ4v) is 5.96. The van der Waals surface area contributed by atoms with Gasteiger partial charge < -0.3 is 18.4 Å². The van der Waals surface area contributed by atoms with Crippen molar-refractivity contribution in [2.24, 2.45) is 0 Å². The highest BCUT2D eigenvalue weighted by molar-refractivity contribution is 6.22. The molecule has 0 aromatic heterocycles. The molecule has 0 amide bonds. The smallest absolute Gasteiger partial charge is 0.194 e. The van der Waals surface area contributed by atoms with E-state index in [9.17, 15) is 4.79 Å². The molecule has 0 bridgehead atoms. The van der Waals surface area contributed by atoms with Gasteiger partial charge in [-0.25, -0.2) is 0 Å². The highest BCUT2D eigenvalue weighted by atomic mass is 16.5. The molecule has 0 heterocycles. The van der Waals surface area contributed by atoms with E-state index >= 15 is 0 Å². The van der Waals surface area contributed by atoms with Crippen LogP contribution in [0.5, 0.6) is 11.5 Å². The molecule has 1 aliphatic carbocycles. The summed E-state index contributed by atoms with van der Waals surface area (Å²) in [6.45, 7) is 25.7. The molecule has 1 aliphatic rings. The normalized spacial score (nSPS) is 13.3. The van der Waals surface area contributed by atoms with Gasteiger partial charge in [-0.15, -0.1) is 0 Å². The third-order valence-corrected chi connectivity index (χ3v) is 9.08. The first-order valence-corrected chi connectivity index (χ1v) is 14.0. The van der Waals surface area contributed by atoms with Crippen LogP contribution in [0.2, 0.25) is 0 Å². The van der Waals surface area contributed by atoms with E-state index in [2.05, 4.69) is 55.4 Å². The molecule has 5 heteroatoms. The van der Waals surface area contributed by atoms with Crippen LogP contribution in [0.3, 0.4) is 0 Å². The van der Waals surface area contributed by atoms with Gasteiger partial charge in [-0.1, -0.05) is 0 Å². The lowest BCUT2D eigenvalue weighted by molar-refractivity contribution is -0.944. The van der Waals surface area contributed by atoms with Gasteiger partial charge in [0.25, 0.3) is 0 Å². The Labute approximate surface area is 219 Å². The van der Waals surface area contributed by atoms with E-state index in [1.807, 2.05) is 36.4 Å². The number of rotatable bonds is 14. The number of ketones is 1. The Bertz CT molecular complexity index is 955. The van der Waals surface area contributed by atoms with Crippen molar-refractivity contribution < 1.29 is 23.2 Å². The van der Waals surface area contributed by atoms with Gasteiger partial charge in [-0.05, 0) is 103 Å². The number of quaternary nitrogens is 2. The number of likely N-dealkylation sites (N-methyl/N-ethyl adjacent to an activating group) is 2. The van der Waals surface area contributed by atoms with Gasteiger partial charge in [0.15, 0.2) is 5.78 Å². The van der Waals surface area contributed by atoms with Crippen LogP contribution in [0.1, 0.15) is 71.3 Å². The largest absolute Gasteiger partial charge is 0.488 e. The number of ether oxygens (including phenoxy) is 2. The fourth-order valence-electron chi connectivity index (χ4n) is 5.96. The average molecular weight is 497 g/mol. The predicted octanol–water partition coefficient (Wildman–Crippen LogP) is 6.19. The van der Waals surface area contributed by atoms with Crippen LogP contribution in [-0.2, 0) is 0 Å². The van der Waals surface area contributed by atoms with E-state index in [0.29, 0.717) is 25.3 Å². The van der Waals surface area contributed by atoms with Crippen LogP contribution in [0, 0.1) is 0 Å². The Balaban J connectivity index is 1.68. The summed E-state index contributed by atoms with van der Waals surface area (Å²) in [6.07, 6.45) is 0. The lowest BCUT2D eigenvalue weighted by Gasteiger charge is -2.40. The van der Waals surface area contributed by atoms with Gasteiger partial charge in [0.05, 0.1) is 38.3 Å². The molecule has 3 rings (SSSR count). The second kappa shape index (κ2) is 11.8. The molecule has 0 radical (unpaired) electrons. The molecule has 2 aromatic rings. The van der Waals surface area contributed by atoms with E-state index < -0.39 is 0 Å². The van der Waals surface area contributed by atoms with E-state index in [1.165, 1.54) is 0 Å². The number of hydrogen-bond acceptors (Lipinski definition) is 3. The highest BCUT2D eigenvalue weighted by Gasteiger charge is 2.30. The first-order chi connectivity index (χ1) is 17.2. The van der Waals surface area contributed by atoms with Crippen LogP contribution in [-0.4, -0.2) is 79.3 Å². The zero-order chi connectivity index (χ0) is 26.5. The van der Waals surface area contributed by atoms with Gasteiger partial charge in [0.1, 0.15) is 37.8 Å². The highest BCUT2D eigenvalue weighted by Crippen LogP contribution is 2.40. The lowest BCUT2D eigenvalue weighted by Crippen LogP contribution is -2.54. The van der Waals surface area contributed by atoms with Gasteiger partial charge in [-0.2, -0.15) is 0 Å². The summed E-state index contributed by atoms with van der Waals surface area (Å²) in [5.74, 6) is 1.59. The van der Waals surface area contributed by atoms with Crippen LogP contribution < -0.4 is 9.47 Å². The van der Waals surface area contributed by atoms with E-state index in [-0.39, 0.29) is 5.78 Å². The fraction of sp³-hybridized carbons (Fsp3) is 0.581. The molecule has 0 N–H and O–H groups in total. The van der Waals surface area contributed by atoms with Gasteiger partial charge in [0.2, 0.25) is 0 Å². The molecule has 5 nitrogen and oxygen atoms in total. The Kier molecular flexibility index (Phi) is 9.23. The zero-order valence-electron chi connectivity index (χ0n) is 23.9. The molecule has 0 saturated carbocycles. The first kappa shape index (κ1) is 28.2. The Morgan fingerprint density at radius 2 is 0.972 bits per heavy atom. The van der Waals surface area contributed by atoms with Crippen molar-refractivity contribution in [1.29, 1.82) is 0 Å². The summed E-state index contributed by atoms with van der Waals surface area (Å²) in [6, 6.07) is 13.0.